The summed E-state index contributed by atoms with van der Waals surface area (Å²) in [6.07, 6.45) is 4.25. The molecule has 110 valence electrons. The number of amides is 1. The molecule has 4 nitrogen and oxygen atoms in total. The van der Waals surface area contributed by atoms with Crippen LogP contribution in [0.2, 0.25) is 0 Å². The Morgan fingerprint density at radius 3 is 2.55 bits per heavy atom. The Kier molecular flexibility index (Phi) is 4.30. The van der Waals surface area contributed by atoms with E-state index < -0.39 is 0 Å². The molecule has 3 rings (SSSR count). The normalized spacial score (nSPS) is 10.4. The predicted octanol–water partition coefficient (Wildman–Crippen LogP) is 3.91. The molecule has 1 amide bonds. The lowest BCUT2D eigenvalue weighted by molar-refractivity contribution is -0.116. The highest BCUT2D eigenvalue weighted by Crippen LogP contribution is 2.22. The van der Waals surface area contributed by atoms with Gasteiger partial charge in [0.1, 0.15) is 11.5 Å². The molecule has 1 N–H and O–H groups in total. The minimum atomic E-state index is -0.0381. The van der Waals surface area contributed by atoms with Crippen molar-refractivity contribution in [3.05, 3.63) is 72.8 Å². The number of hydrogen-bond acceptors (Lipinski definition) is 3. The third-order valence-corrected chi connectivity index (χ3v) is 3.28. The number of furan rings is 1. The SMILES string of the molecule is O=C(CCc1ccc(-c2ccccc2)o1)Nc1ccncc1. The van der Waals surface area contributed by atoms with E-state index in [4.69, 9.17) is 4.42 Å². The molecule has 0 spiro atoms. The number of aromatic nitrogens is 1. The second kappa shape index (κ2) is 6.72. The summed E-state index contributed by atoms with van der Waals surface area (Å²) in [5.41, 5.74) is 1.79. The van der Waals surface area contributed by atoms with Crippen molar-refractivity contribution in [2.45, 2.75) is 12.8 Å². The zero-order valence-electron chi connectivity index (χ0n) is 12.0. The molecule has 1 aromatic carbocycles. The number of carbonyl (C=O) groups is 1. The number of hydrogen-bond donors (Lipinski definition) is 1. The van der Waals surface area contributed by atoms with Crippen molar-refractivity contribution in [1.82, 2.24) is 4.98 Å². The van der Waals surface area contributed by atoms with E-state index in [1.165, 1.54) is 0 Å². The van der Waals surface area contributed by atoms with E-state index in [1.54, 1.807) is 24.5 Å². The van der Waals surface area contributed by atoms with E-state index in [1.807, 2.05) is 42.5 Å². The lowest BCUT2D eigenvalue weighted by atomic mass is 10.2. The van der Waals surface area contributed by atoms with Gasteiger partial charge >= 0.3 is 0 Å². The quantitative estimate of drug-likeness (QED) is 0.775. The van der Waals surface area contributed by atoms with Crippen LogP contribution in [0.5, 0.6) is 0 Å². The summed E-state index contributed by atoms with van der Waals surface area (Å²) in [5.74, 6) is 1.60. The van der Waals surface area contributed by atoms with Crippen LogP contribution in [0, 0.1) is 0 Å². The Morgan fingerprint density at radius 1 is 1.00 bits per heavy atom. The molecule has 0 fully saturated rings. The van der Waals surface area contributed by atoms with E-state index in [-0.39, 0.29) is 5.91 Å². The Hall–Kier alpha value is -2.88. The fourth-order valence-electron chi connectivity index (χ4n) is 2.17. The summed E-state index contributed by atoms with van der Waals surface area (Å²) in [7, 11) is 0. The van der Waals surface area contributed by atoms with E-state index in [9.17, 15) is 4.79 Å². The molecule has 22 heavy (non-hydrogen) atoms. The molecule has 3 aromatic rings. The van der Waals surface area contributed by atoms with Crippen LogP contribution in [-0.4, -0.2) is 10.9 Å². The van der Waals surface area contributed by atoms with Crippen molar-refractivity contribution in [3.8, 4) is 11.3 Å². The van der Waals surface area contributed by atoms with Crippen molar-refractivity contribution in [2.24, 2.45) is 0 Å². The molecule has 2 aromatic heterocycles. The smallest absolute Gasteiger partial charge is 0.224 e. The fourth-order valence-corrected chi connectivity index (χ4v) is 2.17. The first-order chi connectivity index (χ1) is 10.8. The molecule has 0 saturated heterocycles. The molecule has 0 aliphatic carbocycles. The molecule has 0 radical (unpaired) electrons. The zero-order valence-corrected chi connectivity index (χ0v) is 12.0. The lowest BCUT2D eigenvalue weighted by Crippen LogP contribution is -2.12. The first-order valence-corrected chi connectivity index (χ1v) is 7.15. The summed E-state index contributed by atoms with van der Waals surface area (Å²) in [5, 5.41) is 2.83. The number of nitrogens with zero attached hydrogens (tertiary/aromatic N) is 1. The lowest BCUT2D eigenvalue weighted by Gasteiger charge is -2.03. The Labute approximate surface area is 128 Å². The highest BCUT2D eigenvalue weighted by Gasteiger charge is 2.07. The first-order valence-electron chi connectivity index (χ1n) is 7.15. The fraction of sp³-hybridized carbons (Fsp3) is 0.111. The Balaban J connectivity index is 1.56. The van der Waals surface area contributed by atoms with Crippen LogP contribution in [0.4, 0.5) is 5.69 Å². The summed E-state index contributed by atoms with van der Waals surface area (Å²) < 4.78 is 5.78. The Morgan fingerprint density at radius 2 is 1.77 bits per heavy atom. The van der Waals surface area contributed by atoms with Crippen molar-refractivity contribution in [3.63, 3.8) is 0 Å². The molecule has 0 saturated carbocycles. The average Bonchev–Trinajstić information content (AvgIpc) is 3.04. The van der Waals surface area contributed by atoms with E-state index in [0.29, 0.717) is 12.8 Å². The average molecular weight is 292 g/mol. The van der Waals surface area contributed by atoms with Gasteiger partial charge in [0, 0.05) is 36.5 Å². The van der Waals surface area contributed by atoms with Crippen LogP contribution in [0.1, 0.15) is 12.2 Å². The second-order valence-electron chi connectivity index (χ2n) is 4.92. The number of carbonyl (C=O) groups excluding carboxylic acids is 1. The molecular formula is C18H16N2O2. The molecule has 0 unspecified atom stereocenters. The number of aryl methyl sites for hydroxylation is 1. The minimum Gasteiger partial charge on any atom is -0.461 e. The van der Waals surface area contributed by atoms with E-state index >= 15 is 0 Å². The molecule has 0 aliphatic heterocycles. The minimum absolute atomic E-state index is 0.0381. The van der Waals surface area contributed by atoms with Crippen LogP contribution in [0.3, 0.4) is 0 Å². The number of benzene rings is 1. The summed E-state index contributed by atoms with van der Waals surface area (Å²) in [6.45, 7) is 0. The van der Waals surface area contributed by atoms with E-state index in [2.05, 4.69) is 10.3 Å². The molecule has 0 bridgehead atoms. The van der Waals surface area contributed by atoms with E-state index in [0.717, 1.165) is 22.8 Å². The van der Waals surface area contributed by atoms with Crippen LogP contribution in [-0.2, 0) is 11.2 Å². The van der Waals surface area contributed by atoms with Crippen molar-refractivity contribution >= 4 is 11.6 Å². The number of rotatable bonds is 5. The van der Waals surface area contributed by atoms with Gasteiger partial charge in [0.15, 0.2) is 0 Å². The number of pyridine rings is 1. The first kappa shape index (κ1) is 14.1. The van der Waals surface area contributed by atoms with Crippen molar-refractivity contribution in [1.29, 1.82) is 0 Å². The van der Waals surface area contributed by atoms with Crippen molar-refractivity contribution < 1.29 is 9.21 Å². The van der Waals surface area contributed by atoms with Gasteiger partial charge in [-0.15, -0.1) is 0 Å². The van der Waals surface area contributed by atoms with Crippen LogP contribution >= 0.6 is 0 Å². The van der Waals surface area contributed by atoms with Crippen LogP contribution in [0.25, 0.3) is 11.3 Å². The largest absolute Gasteiger partial charge is 0.461 e. The highest BCUT2D eigenvalue weighted by atomic mass is 16.3. The maximum absolute atomic E-state index is 11.9. The molecule has 4 heteroatoms. The number of anilines is 1. The molecule has 2 heterocycles. The van der Waals surface area contributed by atoms with Gasteiger partial charge in [-0.05, 0) is 24.3 Å². The third-order valence-electron chi connectivity index (χ3n) is 3.28. The third kappa shape index (κ3) is 3.61. The second-order valence-corrected chi connectivity index (χ2v) is 4.92. The standard InChI is InChI=1S/C18H16N2O2/c21-18(20-15-10-12-19-13-11-15)9-7-16-6-8-17(22-16)14-4-2-1-3-5-14/h1-6,8,10-13H,7,9H2,(H,19,20,21). The molecular weight excluding hydrogens is 276 g/mol. The maximum Gasteiger partial charge on any atom is 0.224 e. The van der Waals surface area contributed by atoms with Crippen LogP contribution < -0.4 is 5.32 Å². The number of nitrogens with one attached hydrogen (secondary N) is 1. The predicted molar refractivity (Wildman–Crippen MR) is 85.3 cm³/mol. The Bertz CT molecular complexity index is 736. The molecule has 0 atom stereocenters. The highest BCUT2D eigenvalue weighted by molar-refractivity contribution is 5.90. The topological polar surface area (TPSA) is 55.1 Å². The summed E-state index contributed by atoms with van der Waals surface area (Å²) in [6, 6.07) is 17.3. The van der Waals surface area contributed by atoms with Gasteiger partial charge in [0.25, 0.3) is 0 Å². The molecule has 0 aliphatic rings. The van der Waals surface area contributed by atoms with Gasteiger partial charge in [0.05, 0.1) is 0 Å². The van der Waals surface area contributed by atoms with Gasteiger partial charge < -0.3 is 9.73 Å². The van der Waals surface area contributed by atoms with Gasteiger partial charge in [-0.25, -0.2) is 0 Å². The van der Waals surface area contributed by atoms with Gasteiger partial charge in [-0.3, -0.25) is 9.78 Å². The maximum atomic E-state index is 11.9. The van der Waals surface area contributed by atoms with Crippen LogP contribution in [0.15, 0.2) is 71.4 Å². The van der Waals surface area contributed by atoms with Gasteiger partial charge in [-0.1, -0.05) is 30.3 Å². The zero-order chi connectivity index (χ0) is 15.2. The van der Waals surface area contributed by atoms with Crippen molar-refractivity contribution in [2.75, 3.05) is 5.32 Å². The summed E-state index contributed by atoms with van der Waals surface area (Å²) in [4.78, 5) is 15.8. The van der Waals surface area contributed by atoms with Gasteiger partial charge in [0.2, 0.25) is 5.91 Å². The van der Waals surface area contributed by atoms with Gasteiger partial charge in [-0.2, -0.15) is 0 Å². The monoisotopic (exact) mass is 292 g/mol. The summed E-state index contributed by atoms with van der Waals surface area (Å²) >= 11 is 0.